The average molecular weight is 292 g/mol. The molecule has 2 N–H and O–H groups in total. The van der Waals surface area contributed by atoms with Gasteiger partial charge in [0.2, 0.25) is 5.91 Å². The minimum atomic E-state index is 0.141. The Labute approximate surface area is 127 Å². The summed E-state index contributed by atoms with van der Waals surface area (Å²) in [6.45, 7) is 9.76. The third-order valence-corrected chi connectivity index (χ3v) is 3.81. The van der Waals surface area contributed by atoms with Gasteiger partial charge >= 0.3 is 0 Å². The van der Waals surface area contributed by atoms with E-state index in [0.717, 1.165) is 51.3 Å². The van der Waals surface area contributed by atoms with Crippen molar-refractivity contribution in [3.05, 3.63) is 17.2 Å². The zero-order valence-corrected chi connectivity index (χ0v) is 13.5. The highest BCUT2D eigenvalue weighted by Gasteiger charge is 2.19. The van der Waals surface area contributed by atoms with Gasteiger partial charge in [0.1, 0.15) is 5.82 Å². The van der Waals surface area contributed by atoms with Gasteiger partial charge in [-0.2, -0.15) is 0 Å². The third-order valence-electron chi connectivity index (χ3n) is 3.81. The highest BCUT2D eigenvalue weighted by molar-refractivity contribution is 5.75. The second-order valence-electron chi connectivity index (χ2n) is 6.20. The van der Waals surface area contributed by atoms with Gasteiger partial charge in [0.25, 0.3) is 0 Å². The van der Waals surface area contributed by atoms with E-state index >= 15 is 0 Å². The number of aromatic nitrogens is 2. The Morgan fingerprint density at radius 2 is 2.29 bits per heavy atom. The number of hydrogen-bond acceptors (Lipinski definition) is 3. The molecule has 0 spiro atoms. The van der Waals surface area contributed by atoms with Gasteiger partial charge in [0.05, 0.1) is 5.69 Å². The number of rotatable bonds is 7. The lowest BCUT2D eigenvalue weighted by atomic mass is 10.2. The van der Waals surface area contributed by atoms with E-state index in [1.807, 2.05) is 0 Å². The molecule has 21 heavy (non-hydrogen) atoms. The van der Waals surface area contributed by atoms with Crippen molar-refractivity contribution in [2.45, 2.75) is 59.5 Å². The van der Waals surface area contributed by atoms with Crippen molar-refractivity contribution in [3.8, 4) is 0 Å². The molecule has 1 aliphatic heterocycles. The molecule has 0 bridgehead atoms. The number of imidazole rings is 1. The van der Waals surface area contributed by atoms with E-state index in [9.17, 15) is 4.79 Å². The number of amides is 1. The van der Waals surface area contributed by atoms with Crippen molar-refractivity contribution in [1.29, 1.82) is 0 Å². The summed E-state index contributed by atoms with van der Waals surface area (Å²) in [5, 5.41) is 6.36. The molecular weight excluding hydrogens is 264 g/mol. The van der Waals surface area contributed by atoms with E-state index in [1.165, 1.54) is 11.4 Å². The monoisotopic (exact) mass is 292 g/mol. The van der Waals surface area contributed by atoms with Gasteiger partial charge in [-0.15, -0.1) is 0 Å². The van der Waals surface area contributed by atoms with Crippen molar-refractivity contribution in [2.75, 3.05) is 13.1 Å². The highest BCUT2D eigenvalue weighted by atomic mass is 16.1. The number of fused-ring (bicyclic) bond motifs is 1. The third kappa shape index (κ3) is 4.30. The molecule has 1 aliphatic rings. The predicted molar refractivity (Wildman–Crippen MR) is 84.1 cm³/mol. The summed E-state index contributed by atoms with van der Waals surface area (Å²) >= 11 is 0. The van der Waals surface area contributed by atoms with Crippen molar-refractivity contribution in [3.63, 3.8) is 0 Å². The Balaban J connectivity index is 2.01. The van der Waals surface area contributed by atoms with Gasteiger partial charge in [0, 0.05) is 51.1 Å². The van der Waals surface area contributed by atoms with E-state index in [1.54, 1.807) is 0 Å². The maximum absolute atomic E-state index is 11.9. The van der Waals surface area contributed by atoms with Crippen molar-refractivity contribution >= 4 is 5.91 Å². The largest absolute Gasteiger partial charge is 0.356 e. The van der Waals surface area contributed by atoms with E-state index in [2.05, 4.69) is 36.0 Å². The van der Waals surface area contributed by atoms with Crippen LogP contribution < -0.4 is 10.6 Å². The van der Waals surface area contributed by atoms with E-state index in [0.29, 0.717) is 12.3 Å². The van der Waals surface area contributed by atoms with Crippen LogP contribution in [0.15, 0.2) is 0 Å². The predicted octanol–water partition coefficient (Wildman–Crippen LogP) is 1.64. The standard InChI is InChI=1S/C16H28N4O/c1-4-5-15-19-13-11-17-8-6-14(13)20(15)9-7-16(21)18-10-12(2)3/h12,17H,4-11H2,1-3H3,(H,18,21). The van der Waals surface area contributed by atoms with Gasteiger partial charge in [0.15, 0.2) is 0 Å². The number of hydrogen-bond donors (Lipinski definition) is 2. The number of nitrogens with one attached hydrogen (secondary N) is 2. The Morgan fingerprint density at radius 3 is 3.00 bits per heavy atom. The SMILES string of the molecule is CCCc1nc2c(n1CCC(=O)NCC(C)C)CCNC2. The second-order valence-corrected chi connectivity index (χ2v) is 6.20. The topological polar surface area (TPSA) is 59.0 Å². The van der Waals surface area contributed by atoms with E-state index in [4.69, 9.17) is 4.98 Å². The second kappa shape index (κ2) is 7.59. The molecule has 0 saturated carbocycles. The van der Waals surface area contributed by atoms with Crippen LogP contribution in [-0.4, -0.2) is 28.5 Å². The summed E-state index contributed by atoms with van der Waals surface area (Å²) in [5.74, 6) is 1.78. The van der Waals surface area contributed by atoms with Crippen LogP contribution in [0, 0.1) is 5.92 Å². The lowest BCUT2D eigenvalue weighted by Crippen LogP contribution is -2.29. The molecule has 0 saturated heterocycles. The maximum Gasteiger partial charge on any atom is 0.221 e. The van der Waals surface area contributed by atoms with Crippen LogP contribution in [0.5, 0.6) is 0 Å². The van der Waals surface area contributed by atoms with Crippen LogP contribution in [0.25, 0.3) is 0 Å². The van der Waals surface area contributed by atoms with Crippen LogP contribution in [0.2, 0.25) is 0 Å². The summed E-state index contributed by atoms with van der Waals surface area (Å²) in [6.07, 6.45) is 3.63. The minimum absolute atomic E-state index is 0.141. The number of nitrogens with zero attached hydrogens (tertiary/aromatic N) is 2. The van der Waals surface area contributed by atoms with Crippen LogP contribution in [-0.2, 0) is 30.7 Å². The fourth-order valence-corrected chi connectivity index (χ4v) is 2.72. The first-order chi connectivity index (χ1) is 10.1. The van der Waals surface area contributed by atoms with Crippen LogP contribution in [0.3, 0.4) is 0 Å². The molecule has 0 fully saturated rings. The molecule has 1 aromatic heterocycles. The van der Waals surface area contributed by atoms with Gasteiger partial charge in [-0.3, -0.25) is 4.79 Å². The van der Waals surface area contributed by atoms with Gasteiger partial charge in [-0.05, 0) is 12.3 Å². The van der Waals surface area contributed by atoms with Crippen LogP contribution in [0.1, 0.15) is 50.8 Å². The molecule has 5 nitrogen and oxygen atoms in total. The molecule has 0 unspecified atom stereocenters. The van der Waals surface area contributed by atoms with Crippen LogP contribution >= 0.6 is 0 Å². The molecule has 118 valence electrons. The van der Waals surface area contributed by atoms with Crippen molar-refractivity contribution in [1.82, 2.24) is 20.2 Å². The fourth-order valence-electron chi connectivity index (χ4n) is 2.72. The quantitative estimate of drug-likeness (QED) is 0.803. The zero-order chi connectivity index (χ0) is 15.2. The molecule has 0 aliphatic carbocycles. The number of carbonyl (C=O) groups excluding carboxylic acids is 1. The first-order valence-electron chi connectivity index (χ1n) is 8.16. The number of aryl methyl sites for hydroxylation is 1. The molecule has 0 radical (unpaired) electrons. The Hall–Kier alpha value is -1.36. The molecule has 5 heteroatoms. The molecule has 0 atom stereocenters. The van der Waals surface area contributed by atoms with Gasteiger partial charge in [-0.1, -0.05) is 20.8 Å². The van der Waals surface area contributed by atoms with Crippen molar-refractivity contribution in [2.24, 2.45) is 5.92 Å². The summed E-state index contributed by atoms with van der Waals surface area (Å²) in [4.78, 5) is 16.7. The summed E-state index contributed by atoms with van der Waals surface area (Å²) in [6, 6.07) is 0. The van der Waals surface area contributed by atoms with Crippen molar-refractivity contribution < 1.29 is 4.79 Å². The minimum Gasteiger partial charge on any atom is -0.356 e. The summed E-state index contributed by atoms with van der Waals surface area (Å²) in [5.41, 5.74) is 2.50. The summed E-state index contributed by atoms with van der Waals surface area (Å²) in [7, 11) is 0. The highest BCUT2D eigenvalue weighted by Crippen LogP contribution is 2.17. The first-order valence-corrected chi connectivity index (χ1v) is 8.16. The first kappa shape index (κ1) is 16.0. The molecule has 1 aromatic rings. The van der Waals surface area contributed by atoms with Gasteiger partial charge < -0.3 is 15.2 Å². The molecule has 0 aromatic carbocycles. The lowest BCUT2D eigenvalue weighted by molar-refractivity contribution is -0.121. The van der Waals surface area contributed by atoms with Crippen LogP contribution in [0.4, 0.5) is 0 Å². The zero-order valence-electron chi connectivity index (χ0n) is 13.5. The molecule has 2 heterocycles. The van der Waals surface area contributed by atoms with Gasteiger partial charge in [-0.25, -0.2) is 4.98 Å². The Morgan fingerprint density at radius 1 is 1.48 bits per heavy atom. The Bertz CT molecular complexity index is 479. The molecule has 1 amide bonds. The maximum atomic E-state index is 11.9. The molecular formula is C16H28N4O. The van der Waals surface area contributed by atoms with E-state index < -0.39 is 0 Å². The lowest BCUT2D eigenvalue weighted by Gasteiger charge is -2.16. The normalized spacial score (nSPS) is 14.3. The number of carbonyl (C=O) groups is 1. The smallest absolute Gasteiger partial charge is 0.221 e. The summed E-state index contributed by atoms with van der Waals surface area (Å²) < 4.78 is 2.29. The van der Waals surface area contributed by atoms with E-state index in [-0.39, 0.29) is 5.91 Å². The Kier molecular flexibility index (Phi) is 5.79. The molecule has 2 rings (SSSR count). The average Bonchev–Trinajstić information content (AvgIpc) is 2.81. The fraction of sp³-hybridized carbons (Fsp3) is 0.750.